The highest BCUT2D eigenvalue weighted by Crippen LogP contribution is 2.37. The molecule has 1 amide bonds. The van der Waals surface area contributed by atoms with Crippen LogP contribution in [0.4, 0.5) is 11.6 Å². The van der Waals surface area contributed by atoms with Crippen LogP contribution in [0, 0.1) is 5.92 Å². The molecular weight excluding hydrogens is 376 g/mol. The van der Waals surface area contributed by atoms with Crippen molar-refractivity contribution in [3.63, 3.8) is 0 Å². The van der Waals surface area contributed by atoms with Crippen molar-refractivity contribution in [2.45, 2.75) is 20.0 Å². The molecular formula is C19H24N6O2S. The van der Waals surface area contributed by atoms with Crippen molar-refractivity contribution in [2.24, 2.45) is 11.7 Å². The van der Waals surface area contributed by atoms with Gasteiger partial charge in [0, 0.05) is 36.2 Å². The molecule has 3 heterocycles. The molecule has 4 rings (SSSR count). The summed E-state index contributed by atoms with van der Waals surface area (Å²) in [7, 11) is 0. The van der Waals surface area contributed by atoms with Gasteiger partial charge in [0.15, 0.2) is 5.65 Å². The molecule has 2 atom stereocenters. The fourth-order valence-electron chi connectivity index (χ4n) is 3.88. The maximum atomic E-state index is 12.2. The third-order valence-electron chi connectivity index (χ3n) is 5.40. The van der Waals surface area contributed by atoms with E-state index in [4.69, 9.17) is 16.5 Å². The lowest BCUT2D eigenvalue weighted by Gasteiger charge is -2.28. The SMILES string of the molecule is CC1=C(n2c(N)c(C(N)=O)c3nc(N4CCSCC4)cnc32)[C@H](C)[C@H](O)C=C1. The van der Waals surface area contributed by atoms with Crippen LogP contribution in [0.5, 0.6) is 0 Å². The van der Waals surface area contributed by atoms with Gasteiger partial charge in [0.25, 0.3) is 5.91 Å². The van der Waals surface area contributed by atoms with E-state index in [2.05, 4.69) is 9.88 Å². The number of nitrogens with two attached hydrogens (primary N) is 2. The Morgan fingerprint density at radius 3 is 2.75 bits per heavy atom. The van der Waals surface area contributed by atoms with E-state index in [1.165, 1.54) is 0 Å². The molecule has 0 radical (unpaired) electrons. The minimum atomic E-state index is -0.648. The lowest BCUT2D eigenvalue weighted by atomic mass is 9.91. The van der Waals surface area contributed by atoms with Gasteiger partial charge in [0.1, 0.15) is 22.7 Å². The van der Waals surface area contributed by atoms with E-state index >= 15 is 0 Å². The van der Waals surface area contributed by atoms with Gasteiger partial charge >= 0.3 is 0 Å². The number of aliphatic hydroxyl groups excluding tert-OH is 1. The first-order valence-electron chi connectivity index (χ1n) is 9.27. The molecule has 0 saturated carbocycles. The van der Waals surface area contributed by atoms with Gasteiger partial charge < -0.3 is 21.5 Å². The number of thioether (sulfide) groups is 1. The zero-order valence-corrected chi connectivity index (χ0v) is 16.7. The van der Waals surface area contributed by atoms with Crippen molar-refractivity contribution in [1.29, 1.82) is 0 Å². The van der Waals surface area contributed by atoms with Crippen LogP contribution in [0.2, 0.25) is 0 Å². The second-order valence-corrected chi connectivity index (χ2v) is 8.39. The highest BCUT2D eigenvalue weighted by atomic mass is 32.2. The summed E-state index contributed by atoms with van der Waals surface area (Å²) in [4.78, 5) is 23.7. The number of carbonyl (C=O) groups is 1. The van der Waals surface area contributed by atoms with Gasteiger partial charge in [-0.05, 0) is 12.5 Å². The number of allylic oxidation sites excluding steroid dienone is 2. The van der Waals surface area contributed by atoms with Gasteiger partial charge in [-0.15, -0.1) is 0 Å². The zero-order chi connectivity index (χ0) is 20.0. The summed E-state index contributed by atoms with van der Waals surface area (Å²) in [5.74, 6) is 2.12. The Morgan fingerprint density at radius 2 is 2.07 bits per heavy atom. The topological polar surface area (TPSA) is 123 Å². The molecule has 28 heavy (non-hydrogen) atoms. The maximum absolute atomic E-state index is 12.2. The Bertz CT molecular complexity index is 1010. The van der Waals surface area contributed by atoms with E-state index in [-0.39, 0.29) is 17.3 Å². The maximum Gasteiger partial charge on any atom is 0.254 e. The molecule has 0 bridgehead atoms. The van der Waals surface area contributed by atoms with Crippen LogP contribution in [-0.2, 0) is 0 Å². The largest absolute Gasteiger partial charge is 0.388 e. The summed E-state index contributed by atoms with van der Waals surface area (Å²) in [5, 5.41) is 10.3. The standard InChI is InChI=1S/C19H24N6O2S/c1-10-3-4-12(26)11(2)16(10)25-17(20)14(18(21)27)15-19(25)22-9-13(23-15)24-5-7-28-8-6-24/h3-4,9,11-12,26H,5-8,20H2,1-2H3,(H2,21,27)/t11-,12-/m1/s1. The molecule has 9 heteroatoms. The van der Waals surface area contributed by atoms with E-state index in [1.54, 1.807) is 16.8 Å². The number of amides is 1. The van der Waals surface area contributed by atoms with Crippen molar-refractivity contribution >= 4 is 46.2 Å². The number of hydrogen-bond donors (Lipinski definition) is 3. The number of aromatic nitrogens is 3. The molecule has 0 aromatic carbocycles. The molecule has 0 spiro atoms. The van der Waals surface area contributed by atoms with Crippen LogP contribution >= 0.6 is 11.8 Å². The van der Waals surface area contributed by atoms with Crippen LogP contribution in [0.15, 0.2) is 23.9 Å². The molecule has 0 unspecified atom stereocenters. The molecule has 8 nitrogen and oxygen atoms in total. The average Bonchev–Trinajstić information content (AvgIpc) is 2.97. The van der Waals surface area contributed by atoms with Crippen LogP contribution in [-0.4, -0.2) is 56.2 Å². The number of rotatable bonds is 3. The van der Waals surface area contributed by atoms with Gasteiger partial charge in [0.2, 0.25) is 0 Å². The first kappa shape index (κ1) is 18.8. The van der Waals surface area contributed by atoms with Crippen molar-refractivity contribution in [1.82, 2.24) is 14.5 Å². The quantitative estimate of drug-likeness (QED) is 0.713. The Morgan fingerprint density at radius 1 is 1.36 bits per heavy atom. The van der Waals surface area contributed by atoms with E-state index in [1.807, 2.05) is 31.7 Å². The van der Waals surface area contributed by atoms with E-state index < -0.39 is 12.0 Å². The van der Waals surface area contributed by atoms with Crippen molar-refractivity contribution < 1.29 is 9.90 Å². The summed E-state index contributed by atoms with van der Waals surface area (Å²) >= 11 is 1.91. The highest BCUT2D eigenvalue weighted by Gasteiger charge is 2.30. The Kier molecular flexibility index (Phi) is 4.80. The number of aliphatic hydroxyl groups is 1. The average molecular weight is 401 g/mol. The molecule has 148 valence electrons. The molecule has 1 aliphatic carbocycles. The smallest absolute Gasteiger partial charge is 0.254 e. The number of fused-ring (bicyclic) bond motifs is 1. The fraction of sp³-hybridized carbons (Fsp3) is 0.421. The van der Waals surface area contributed by atoms with Gasteiger partial charge in [0.05, 0.1) is 12.3 Å². The minimum Gasteiger partial charge on any atom is -0.388 e. The Balaban J connectivity index is 1.94. The zero-order valence-electron chi connectivity index (χ0n) is 15.9. The van der Waals surface area contributed by atoms with Crippen LogP contribution in [0.3, 0.4) is 0 Å². The van der Waals surface area contributed by atoms with E-state index in [9.17, 15) is 9.90 Å². The summed E-state index contributed by atoms with van der Waals surface area (Å²) in [6.07, 6.45) is 4.67. The number of anilines is 2. The molecule has 1 aliphatic heterocycles. The van der Waals surface area contributed by atoms with Gasteiger partial charge in [-0.3, -0.25) is 9.36 Å². The van der Waals surface area contributed by atoms with Crippen LogP contribution in [0.1, 0.15) is 24.2 Å². The Hall–Kier alpha value is -2.52. The lowest BCUT2D eigenvalue weighted by molar-refractivity contribution is 0.100. The normalized spacial score (nSPS) is 22.9. The highest BCUT2D eigenvalue weighted by molar-refractivity contribution is 7.99. The monoisotopic (exact) mass is 400 g/mol. The van der Waals surface area contributed by atoms with Gasteiger partial charge in [-0.2, -0.15) is 11.8 Å². The summed E-state index contributed by atoms with van der Waals surface area (Å²) < 4.78 is 1.71. The molecule has 1 saturated heterocycles. The lowest BCUT2D eigenvalue weighted by Crippen LogP contribution is -2.33. The first-order chi connectivity index (χ1) is 13.4. The minimum absolute atomic E-state index is 0.173. The molecule has 2 aromatic heterocycles. The first-order valence-corrected chi connectivity index (χ1v) is 10.4. The summed E-state index contributed by atoms with van der Waals surface area (Å²) in [5.41, 5.74) is 14.8. The molecule has 2 aromatic rings. The number of nitrogen functional groups attached to an aromatic ring is 1. The van der Waals surface area contributed by atoms with Crippen LogP contribution < -0.4 is 16.4 Å². The van der Waals surface area contributed by atoms with Crippen molar-refractivity contribution in [2.75, 3.05) is 35.2 Å². The van der Waals surface area contributed by atoms with E-state index in [0.717, 1.165) is 41.7 Å². The van der Waals surface area contributed by atoms with Gasteiger partial charge in [-0.1, -0.05) is 19.1 Å². The number of hydrogen-bond acceptors (Lipinski definition) is 7. The molecule has 5 N–H and O–H groups in total. The third-order valence-corrected chi connectivity index (χ3v) is 6.34. The third kappa shape index (κ3) is 2.94. The molecule has 1 fully saturated rings. The number of carbonyl (C=O) groups excluding carboxylic acids is 1. The second-order valence-electron chi connectivity index (χ2n) is 7.17. The van der Waals surface area contributed by atoms with Crippen molar-refractivity contribution in [3.8, 4) is 0 Å². The van der Waals surface area contributed by atoms with Crippen molar-refractivity contribution in [3.05, 3.63) is 29.5 Å². The molecule has 2 aliphatic rings. The summed E-state index contributed by atoms with van der Waals surface area (Å²) in [6, 6.07) is 0. The van der Waals surface area contributed by atoms with E-state index in [0.29, 0.717) is 11.2 Å². The summed E-state index contributed by atoms with van der Waals surface area (Å²) in [6.45, 7) is 5.61. The van der Waals surface area contributed by atoms with Crippen LogP contribution in [0.25, 0.3) is 16.9 Å². The fourth-order valence-corrected chi connectivity index (χ4v) is 4.78. The number of nitrogens with zero attached hydrogens (tertiary/aromatic N) is 4. The Labute approximate surface area is 167 Å². The second kappa shape index (κ2) is 7.14. The predicted octanol–water partition coefficient (Wildman–Crippen LogP) is 1.46. The predicted molar refractivity (Wildman–Crippen MR) is 113 cm³/mol. The number of primary amides is 1. The van der Waals surface area contributed by atoms with Gasteiger partial charge in [-0.25, -0.2) is 9.97 Å².